The van der Waals surface area contributed by atoms with E-state index in [1.54, 1.807) is 16.7 Å². The standard InChI is InChI=1S/C22H19F2N5O2/c1-14(12-20(30)25-17-7-5-15(23)6-8-17)11-19-26-27-21-22(31)28(9-10-29(19)21)18-4-2-3-16(24)13-18/h2-10,13-14H,11-12H2,1H3,(H,25,30)/t14-/m1/s1. The molecule has 0 spiro atoms. The Balaban J connectivity index is 1.48. The van der Waals surface area contributed by atoms with Gasteiger partial charge in [0.2, 0.25) is 11.6 Å². The first kappa shape index (κ1) is 20.4. The van der Waals surface area contributed by atoms with Crippen molar-refractivity contribution in [1.29, 1.82) is 0 Å². The lowest BCUT2D eigenvalue weighted by Gasteiger charge is -2.11. The zero-order valence-corrected chi connectivity index (χ0v) is 16.6. The van der Waals surface area contributed by atoms with Gasteiger partial charge >= 0.3 is 5.56 Å². The van der Waals surface area contributed by atoms with Crippen LogP contribution in [0.15, 0.2) is 65.7 Å². The van der Waals surface area contributed by atoms with Gasteiger partial charge in [0.25, 0.3) is 0 Å². The highest BCUT2D eigenvalue weighted by Gasteiger charge is 2.16. The van der Waals surface area contributed by atoms with Crippen LogP contribution in [0.25, 0.3) is 11.3 Å². The van der Waals surface area contributed by atoms with Crippen LogP contribution < -0.4 is 10.9 Å². The molecule has 1 N–H and O–H groups in total. The second-order valence-electron chi connectivity index (χ2n) is 7.33. The summed E-state index contributed by atoms with van der Waals surface area (Å²) in [4.78, 5) is 25.0. The Labute approximate surface area is 176 Å². The van der Waals surface area contributed by atoms with Crippen molar-refractivity contribution in [2.45, 2.75) is 19.8 Å². The highest BCUT2D eigenvalue weighted by molar-refractivity contribution is 5.90. The van der Waals surface area contributed by atoms with E-state index < -0.39 is 11.4 Å². The first-order valence-corrected chi connectivity index (χ1v) is 9.67. The number of anilines is 1. The maximum absolute atomic E-state index is 13.5. The van der Waals surface area contributed by atoms with Crippen LogP contribution >= 0.6 is 0 Å². The van der Waals surface area contributed by atoms with Crippen molar-refractivity contribution in [3.8, 4) is 5.69 Å². The lowest BCUT2D eigenvalue weighted by Crippen LogP contribution is -2.21. The molecule has 0 radical (unpaired) electrons. The molecule has 0 unspecified atom stereocenters. The predicted molar refractivity (Wildman–Crippen MR) is 111 cm³/mol. The van der Waals surface area contributed by atoms with Gasteiger partial charge in [-0.2, -0.15) is 0 Å². The van der Waals surface area contributed by atoms with E-state index in [4.69, 9.17) is 0 Å². The number of rotatable bonds is 6. The Hall–Kier alpha value is -3.88. The molecule has 2 aromatic carbocycles. The topological polar surface area (TPSA) is 81.3 Å². The van der Waals surface area contributed by atoms with E-state index in [-0.39, 0.29) is 29.7 Å². The normalized spacial score (nSPS) is 12.1. The van der Waals surface area contributed by atoms with E-state index in [2.05, 4.69) is 15.5 Å². The Kier molecular flexibility index (Phi) is 5.57. The van der Waals surface area contributed by atoms with Gasteiger partial charge in [0.1, 0.15) is 17.5 Å². The maximum Gasteiger partial charge on any atom is 0.300 e. The number of nitrogens with zero attached hydrogens (tertiary/aromatic N) is 4. The van der Waals surface area contributed by atoms with Crippen molar-refractivity contribution >= 4 is 17.2 Å². The minimum atomic E-state index is -0.445. The minimum absolute atomic E-state index is 0.0847. The summed E-state index contributed by atoms with van der Waals surface area (Å²) in [7, 11) is 0. The van der Waals surface area contributed by atoms with E-state index in [9.17, 15) is 18.4 Å². The summed E-state index contributed by atoms with van der Waals surface area (Å²) < 4.78 is 29.4. The van der Waals surface area contributed by atoms with E-state index in [0.717, 1.165) is 0 Å². The Morgan fingerprint density at radius 2 is 1.84 bits per heavy atom. The van der Waals surface area contributed by atoms with Gasteiger partial charge in [-0.1, -0.05) is 13.0 Å². The fourth-order valence-electron chi connectivity index (χ4n) is 3.35. The monoisotopic (exact) mass is 423 g/mol. The third-order valence-electron chi connectivity index (χ3n) is 4.82. The van der Waals surface area contributed by atoms with Crippen LogP contribution in [-0.4, -0.2) is 25.1 Å². The summed E-state index contributed by atoms with van der Waals surface area (Å²) in [5, 5.41) is 10.8. The number of fused-ring (bicyclic) bond motifs is 1. The van der Waals surface area contributed by atoms with Crippen molar-refractivity contribution < 1.29 is 13.6 Å². The SMILES string of the molecule is C[C@@H](CC(=O)Nc1ccc(F)cc1)Cc1nnc2c(=O)n(-c3cccc(F)c3)ccn12. The van der Waals surface area contributed by atoms with Gasteiger partial charge in [-0.3, -0.25) is 18.6 Å². The number of halogens is 2. The molecular formula is C22H19F2N5O2. The molecule has 4 aromatic rings. The highest BCUT2D eigenvalue weighted by Crippen LogP contribution is 2.15. The molecule has 1 amide bonds. The van der Waals surface area contributed by atoms with E-state index in [1.165, 1.54) is 53.2 Å². The molecule has 9 heteroatoms. The van der Waals surface area contributed by atoms with E-state index in [0.29, 0.717) is 23.6 Å². The Morgan fingerprint density at radius 3 is 2.58 bits per heavy atom. The van der Waals surface area contributed by atoms with E-state index >= 15 is 0 Å². The molecule has 0 fully saturated rings. The molecule has 7 nitrogen and oxygen atoms in total. The summed E-state index contributed by atoms with van der Waals surface area (Å²) in [5.41, 5.74) is 0.602. The van der Waals surface area contributed by atoms with Crippen molar-refractivity contribution in [2.75, 3.05) is 5.32 Å². The zero-order valence-electron chi connectivity index (χ0n) is 16.6. The lowest BCUT2D eigenvalue weighted by atomic mass is 10.0. The van der Waals surface area contributed by atoms with Gasteiger partial charge in [-0.25, -0.2) is 8.78 Å². The summed E-state index contributed by atoms with van der Waals surface area (Å²) in [6.45, 7) is 1.89. The van der Waals surface area contributed by atoms with Crippen molar-refractivity contribution in [2.24, 2.45) is 5.92 Å². The second-order valence-corrected chi connectivity index (χ2v) is 7.33. The number of carbonyl (C=O) groups is 1. The van der Waals surface area contributed by atoms with Gasteiger partial charge < -0.3 is 5.32 Å². The van der Waals surface area contributed by atoms with Crippen LogP contribution in [0.5, 0.6) is 0 Å². The van der Waals surface area contributed by atoms with Crippen LogP contribution in [0.3, 0.4) is 0 Å². The molecule has 1 atom stereocenters. The summed E-state index contributed by atoms with van der Waals surface area (Å²) >= 11 is 0. The number of benzene rings is 2. The molecule has 0 bridgehead atoms. The maximum atomic E-state index is 13.5. The van der Waals surface area contributed by atoms with Gasteiger partial charge in [-0.15, -0.1) is 10.2 Å². The van der Waals surface area contributed by atoms with Gasteiger partial charge in [0.15, 0.2) is 0 Å². The molecule has 4 rings (SSSR count). The molecule has 31 heavy (non-hydrogen) atoms. The average Bonchev–Trinajstić information content (AvgIpc) is 3.13. The average molecular weight is 423 g/mol. The summed E-state index contributed by atoms with van der Waals surface area (Å²) in [6.07, 6.45) is 3.80. The fraction of sp³-hybridized carbons (Fsp3) is 0.182. The lowest BCUT2D eigenvalue weighted by molar-refractivity contribution is -0.116. The second kappa shape index (κ2) is 8.47. The highest BCUT2D eigenvalue weighted by atomic mass is 19.1. The fourth-order valence-corrected chi connectivity index (χ4v) is 3.35. The number of hydrogen-bond donors (Lipinski definition) is 1. The van der Waals surface area contributed by atoms with E-state index in [1.807, 2.05) is 6.92 Å². The molecule has 158 valence electrons. The molecule has 2 heterocycles. The van der Waals surface area contributed by atoms with Gasteiger partial charge in [0, 0.05) is 30.9 Å². The quantitative estimate of drug-likeness (QED) is 0.516. The van der Waals surface area contributed by atoms with Gasteiger partial charge in [-0.05, 0) is 48.4 Å². The van der Waals surface area contributed by atoms with Crippen molar-refractivity contribution in [3.05, 3.63) is 88.7 Å². The third-order valence-corrected chi connectivity index (χ3v) is 4.82. The van der Waals surface area contributed by atoms with Crippen molar-refractivity contribution in [3.63, 3.8) is 0 Å². The summed E-state index contributed by atoms with van der Waals surface area (Å²) in [5.74, 6) is -0.568. The molecule has 0 aliphatic carbocycles. The van der Waals surface area contributed by atoms with Crippen LogP contribution in [0.4, 0.5) is 14.5 Å². The first-order valence-electron chi connectivity index (χ1n) is 9.67. The zero-order chi connectivity index (χ0) is 22.0. The Bertz CT molecular complexity index is 1300. The van der Waals surface area contributed by atoms with Crippen LogP contribution in [0.2, 0.25) is 0 Å². The molecule has 2 aromatic heterocycles. The van der Waals surface area contributed by atoms with Crippen LogP contribution in [0, 0.1) is 17.6 Å². The largest absolute Gasteiger partial charge is 0.326 e. The molecule has 0 saturated heterocycles. The van der Waals surface area contributed by atoms with Crippen LogP contribution in [-0.2, 0) is 11.2 Å². The number of aromatic nitrogens is 4. The third kappa shape index (κ3) is 4.50. The minimum Gasteiger partial charge on any atom is -0.326 e. The number of amides is 1. The molecular weight excluding hydrogens is 404 g/mol. The number of carbonyl (C=O) groups excluding carboxylic acids is 1. The predicted octanol–water partition coefficient (Wildman–Crippen LogP) is 3.37. The first-order chi connectivity index (χ1) is 14.9. The molecule has 0 aliphatic heterocycles. The summed E-state index contributed by atoms with van der Waals surface area (Å²) in [6, 6.07) is 11.2. The molecule has 0 aliphatic rings. The molecule has 0 saturated carbocycles. The number of nitrogens with one attached hydrogen (secondary N) is 1. The van der Waals surface area contributed by atoms with Gasteiger partial charge in [0.05, 0.1) is 5.69 Å². The number of hydrogen-bond acceptors (Lipinski definition) is 4. The Morgan fingerprint density at radius 1 is 1.06 bits per heavy atom. The van der Waals surface area contributed by atoms with Crippen molar-refractivity contribution in [1.82, 2.24) is 19.2 Å². The smallest absolute Gasteiger partial charge is 0.300 e. The van der Waals surface area contributed by atoms with Crippen LogP contribution in [0.1, 0.15) is 19.2 Å².